The van der Waals surface area contributed by atoms with Crippen LogP contribution in [0.3, 0.4) is 0 Å². The number of para-hydroxylation sites is 1. The lowest BCUT2D eigenvalue weighted by Crippen LogP contribution is -2.13. The molecule has 0 fully saturated rings. The van der Waals surface area contributed by atoms with E-state index < -0.39 is 0 Å². The number of nitrogens with one attached hydrogen (secondary N) is 1. The molecule has 0 unspecified atom stereocenters. The van der Waals surface area contributed by atoms with Gasteiger partial charge in [-0.1, -0.05) is 13.0 Å². The number of aromatic nitrogens is 1. The first-order valence-electron chi connectivity index (χ1n) is 5.06. The zero-order valence-electron chi connectivity index (χ0n) is 8.59. The van der Waals surface area contributed by atoms with Crippen molar-refractivity contribution in [3.63, 3.8) is 0 Å². The highest BCUT2D eigenvalue weighted by atomic mass is 79.9. The van der Waals surface area contributed by atoms with Crippen LogP contribution in [0, 0.1) is 0 Å². The van der Waals surface area contributed by atoms with Crippen LogP contribution in [0.1, 0.15) is 19.2 Å². The Bertz CT molecular complexity index is 453. The second-order valence-corrected chi connectivity index (χ2v) is 4.23. The molecule has 1 aromatic carbocycles. The molecule has 0 atom stereocenters. The maximum atomic E-state index is 5.62. The molecule has 3 nitrogen and oxygen atoms in total. The molecule has 0 bridgehead atoms. The molecule has 0 amide bonds. The van der Waals surface area contributed by atoms with E-state index in [9.17, 15) is 0 Å². The summed E-state index contributed by atoms with van der Waals surface area (Å²) < 4.78 is 6.58. The molecule has 0 spiro atoms. The summed E-state index contributed by atoms with van der Waals surface area (Å²) in [7, 11) is 0. The quantitative estimate of drug-likeness (QED) is 0.867. The molecule has 2 aromatic rings. The summed E-state index contributed by atoms with van der Waals surface area (Å²) in [5, 5.41) is 3.26. The summed E-state index contributed by atoms with van der Waals surface area (Å²) in [5.41, 5.74) is 1.73. The van der Waals surface area contributed by atoms with E-state index in [2.05, 4.69) is 33.2 Å². The van der Waals surface area contributed by atoms with Gasteiger partial charge in [0.2, 0.25) is 5.89 Å². The van der Waals surface area contributed by atoms with Gasteiger partial charge in [0, 0.05) is 0 Å². The molecule has 2 rings (SSSR count). The van der Waals surface area contributed by atoms with Gasteiger partial charge in [-0.2, -0.15) is 0 Å². The van der Waals surface area contributed by atoms with Crippen molar-refractivity contribution in [1.29, 1.82) is 0 Å². The fourth-order valence-corrected chi connectivity index (χ4v) is 1.85. The smallest absolute Gasteiger partial charge is 0.209 e. The van der Waals surface area contributed by atoms with E-state index in [0.29, 0.717) is 6.54 Å². The molecule has 0 radical (unpaired) electrons. The third-order valence-electron chi connectivity index (χ3n) is 2.11. The Balaban J connectivity index is 2.20. The van der Waals surface area contributed by atoms with E-state index in [0.717, 1.165) is 34.4 Å². The first-order chi connectivity index (χ1) is 7.31. The molecule has 0 saturated carbocycles. The highest BCUT2D eigenvalue weighted by Gasteiger charge is 2.07. The van der Waals surface area contributed by atoms with E-state index in [1.165, 1.54) is 0 Å². The maximum Gasteiger partial charge on any atom is 0.209 e. The van der Waals surface area contributed by atoms with Crippen molar-refractivity contribution in [2.24, 2.45) is 0 Å². The Morgan fingerprint density at radius 2 is 2.33 bits per heavy atom. The second kappa shape index (κ2) is 4.77. The molecule has 1 aromatic heterocycles. The second-order valence-electron chi connectivity index (χ2n) is 3.37. The zero-order valence-corrected chi connectivity index (χ0v) is 10.2. The molecule has 0 aliphatic heterocycles. The van der Waals surface area contributed by atoms with Crippen molar-refractivity contribution in [3.05, 3.63) is 28.6 Å². The van der Waals surface area contributed by atoms with Gasteiger partial charge in [0.15, 0.2) is 5.58 Å². The van der Waals surface area contributed by atoms with E-state index in [-0.39, 0.29) is 0 Å². The number of oxazole rings is 1. The van der Waals surface area contributed by atoms with Crippen molar-refractivity contribution in [1.82, 2.24) is 10.3 Å². The van der Waals surface area contributed by atoms with Gasteiger partial charge in [-0.15, -0.1) is 0 Å². The lowest BCUT2D eigenvalue weighted by Gasteiger charge is -1.96. The number of benzene rings is 1. The average molecular weight is 269 g/mol. The van der Waals surface area contributed by atoms with Crippen LogP contribution < -0.4 is 5.32 Å². The summed E-state index contributed by atoms with van der Waals surface area (Å²) in [4.78, 5) is 4.39. The van der Waals surface area contributed by atoms with Gasteiger partial charge in [-0.3, -0.25) is 0 Å². The Morgan fingerprint density at radius 1 is 1.47 bits per heavy atom. The standard InChI is InChI=1S/C11H13BrN2O/c1-2-6-13-7-10-14-9-5-3-4-8(12)11(9)15-10/h3-5,13H,2,6-7H2,1H3. The normalized spacial score (nSPS) is 11.1. The van der Waals surface area contributed by atoms with Crippen molar-refractivity contribution in [2.75, 3.05) is 6.54 Å². The molecule has 0 aliphatic carbocycles. The zero-order chi connectivity index (χ0) is 10.7. The first-order valence-corrected chi connectivity index (χ1v) is 5.85. The number of hydrogen-bond donors (Lipinski definition) is 1. The number of fused-ring (bicyclic) bond motifs is 1. The van der Waals surface area contributed by atoms with Gasteiger partial charge in [0.05, 0.1) is 11.0 Å². The van der Waals surface area contributed by atoms with E-state index in [4.69, 9.17) is 4.42 Å². The van der Waals surface area contributed by atoms with E-state index in [1.54, 1.807) is 0 Å². The Morgan fingerprint density at radius 3 is 3.07 bits per heavy atom. The number of hydrogen-bond acceptors (Lipinski definition) is 3. The highest BCUT2D eigenvalue weighted by molar-refractivity contribution is 9.10. The Kier molecular flexibility index (Phi) is 3.38. The summed E-state index contributed by atoms with van der Waals surface area (Å²) in [6, 6.07) is 5.86. The largest absolute Gasteiger partial charge is 0.438 e. The highest BCUT2D eigenvalue weighted by Crippen LogP contribution is 2.24. The number of rotatable bonds is 4. The Labute approximate surface area is 97.0 Å². The Hall–Kier alpha value is -0.870. The van der Waals surface area contributed by atoms with Crippen LogP contribution in [-0.4, -0.2) is 11.5 Å². The van der Waals surface area contributed by atoms with Crippen molar-refractivity contribution < 1.29 is 4.42 Å². The van der Waals surface area contributed by atoms with Crippen molar-refractivity contribution >= 4 is 27.0 Å². The van der Waals surface area contributed by atoms with Gasteiger partial charge >= 0.3 is 0 Å². The average Bonchev–Trinajstić information content (AvgIpc) is 2.63. The lowest BCUT2D eigenvalue weighted by atomic mass is 10.3. The van der Waals surface area contributed by atoms with Gasteiger partial charge in [0.25, 0.3) is 0 Å². The predicted molar refractivity (Wildman–Crippen MR) is 63.7 cm³/mol. The van der Waals surface area contributed by atoms with Crippen molar-refractivity contribution in [2.45, 2.75) is 19.9 Å². The van der Waals surface area contributed by atoms with Gasteiger partial charge in [-0.05, 0) is 41.0 Å². The fraction of sp³-hybridized carbons (Fsp3) is 0.364. The van der Waals surface area contributed by atoms with E-state index in [1.807, 2.05) is 18.2 Å². The SMILES string of the molecule is CCCNCc1nc2cccc(Br)c2o1. The minimum Gasteiger partial charge on any atom is -0.438 e. The topological polar surface area (TPSA) is 38.1 Å². The molecule has 15 heavy (non-hydrogen) atoms. The molecule has 1 heterocycles. The number of nitrogens with zero attached hydrogens (tertiary/aromatic N) is 1. The lowest BCUT2D eigenvalue weighted by molar-refractivity contribution is 0.494. The third-order valence-corrected chi connectivity index (χ3v) is 2.74. The fourth-order valence-electron chi connectivity index (χ4n) is 1.41. The molecule has 1 N–H and O–H groups in total. The number of halogens is 1. The van der Waals surface area contributed by atoms with Gasteiger partial charge in [-0.25, -0.2) is 4.98 Å². The summed E-state index contributed by atoms with van der Waals surface area (Å²) in [6.45, 7) is 3.81. The van der Waals surface area contributed by atoms with E-state index >= 15 is 0 Å². The molecule has 4 heteroatoms. The minimum absolute atomic E-state index is 0.689. The van der Waals surface area contributed by atoms with Crippen molar-refractivity contribution in [3.8, 4) is 0 Å². The monoisotopic (exact) mass is 268 g/mol. The first kappa shape index (κ1) is 10.6. The molecular weight excluding hydrogens is 256 g/mol. The third kappa shape index (κ3) is 2.38. The minimum atomic E-state index is 0.689. The van der Waals surface area contributed by atoms with Crippen LogP contribution in [0.25, 0.3) is 11.1 Å². The van der Waals surface area contributed by atoms with Gasteiger partial charge < -0.3 is 9.73 Å². The van der Waals surface area contributed by atoms with Crippen LogP contribution in [0.4, 0.5) is 0 Å². The summed E-state index contributed by atoms with van der Waals surface area (Å²) >= 11 is 3.44. The van der Waals surface area contributed by atoms with Gasteiger partial charge in [0.1, 0.15) is 5.52 Å². The molecule has 0 aliphatic rings. The molecule has 80 valence electrons. The molecule has 0 saturated heterocycles. The van der Waals surface area contributed by atoms with Crippen LogP contribution in [-0.2, 0) is 6.54 Å². The van der Waals surface area contributed by atoms with Crippen LogP contribution >= 0.6 is 15.9 Å². The summed E-state index contributed by atoms with van der Waals surface area (Å²) in [5.74, 6) is 0.741. The van der Waals surface area contributed by atoms with Crippen LogP contribution in [0.15, 0.2) is 27.1 Å². The summed E-state index contributed by atoms with van der Waals surface area (Å²) in [6.07, 6.45) is 1.12. The molecular formula is C11H13BrN2O. The maximum absolute atomic E-state index is 5.62. The van der Waals surface area contributed by atoms with Crippen LogP contribution in [0.2, 0.25) is 0 Å². The predicted octanol–water partition coefficient (Wildman–Crippen LogP) is 3.09. The van der Waals surface area contributed by atoms with Crippen LogP contribution in [0.5, 0.6) is 0 Å².